The topological polar surface area (TPSA) is 94.4 Å². The molecule has 1 aliphatic heterocycles. The van der Waals surface area contributed by atoms with Gasteiger partial charge in [0, 0.05) is 5.56 Å². The van der Waals surface area contributed by atoms with Crippen LogP contribution in [0.15, 0.2) is 69.8 Å². The predicted octanol–water partition coefficient (Wildman–Crippen LogP) is 5.82. The molecule has 1 amide bonds. The summed E-state index contributed by atoms with van der Waals surface area (Å²) < 4.78 is 16.7. The van der Waals surface area contributed by atoms with Crippen LogP contribution in [-0.4, -0.2) is 41.8 Å². The maximum Gasteiger partial charge on any atom is 0.344 e. The lowest BCUT2D eigenvalue weighted by atomic mass is 10.1. The third kappa shape index (κ3) is 6.76. The zero-order chi connectivity index (χ0) is 25.4. The average molecular weight is 496 g/mol. The monoisotopic (exact) mass is 495 g/mol. The number of hydrogen-bond donors (Lipinski definition) is 1. The second kappa shape index (κ2) is 12.3. The highest BCUT2D eigenvalue weighted by molar-refractivity contribution is 8.18. The second-order valence-corrected chi connectivity index (χ2v) is 9.02. The summed E-state index contributed by atoms with van der Waals surface area (Å²) in [6, 6.07) is 13.9. The number of thioether (sulfide) groups is 1. The van der Waals surface area contributed by atoms with Gasteiger partial charge in [-0.05, 0) is 55.7 Å². The highest BCUT2D eigenvalue weighted by Crippen LogP contribution is 2.40. The molecule has 0 atom stereocenters. The molecule has 35 heavy (non-hydrogen) atoms. The Hall–Kier alpha value is -3.52. The number of aliphatic hydroxyl groups is 1. The predicted molar refractivity (Wildman–Crippen MR) is 138 cm³/mol. The van der Waals surface area contributed by atoms with Gasteiger partial charge in [-0.25, -0.2) is 9.79 Å². The normalized spacial score (nSPS) is 15.7. The van der Waals surface area contributed by atoms with E-state index in [1.165, 1.54) is 0 Å². The van der Waals surface area contributed by atoms with Crippen LogP contribution in [0, 0.1) is 5.92 Å². The molecule has 0 radical (unpaired) electrons. The minimum atomic E-state index is -0.743. The molecule has 8 heteroatoms. The minimum absolute atomic E-state index is 0.0861. The number of nitrogens with zero attached hydrogens (tertiary/aromatic N) is 1. The first kappa shape index (κ1) is 26.1. The number of carbonyl (C=O) groups excluding carboxylic acids is 2. The van der Waals surface area contributed by atoms with Gasteiger partial charge in [-0.15, -0.1) is 0 Å². The molecule has 0 saturated heterocycles. The minimum Gasteiger partial charge on any atom is -0.506 e. The fraction of sp³-hybridized carbons (Fsp3) is 0.296. The number of esters is 1. The van der Waals surface area contributed by atoms with E-state index in [-0.39, 0.29) is 23.0 Å². The van der Waals surface area contributed by atoms with Gasteiger partial charge in [0.1, 0.15) is 16.4 Å². The van der Waals surface area contributed by atoms with Gasteiger partial charge >= 0.3 is 5.97 Å². The Kier molecular flexibility index (Phi) is 9.14. The van der Waals surface area contributed by atoms with E-state index < -0.39 is 11.9 Å². The first-order valence-electron chi connectivity index (χ1n) is 11.4. The van der Waals surface area contributed by atoms with Crippen molar-refractivity contribution in [2.45, 2.75) is 27.7 Å². The Morgan fingerprint density at radius 1 is 1.03 bits per heavy atom. The van der Waals surface area contributed by atoms with Crippen molar-refractivity contribution in [3.05, 3.63) is 75.9 Å². The Balaban J connectivity index is 1.97. The Morgan fingerprint density at radius 2 is 1.77 bits per heavy atom. The fourth-order valence-electron chi connectivity index (χ4n) is 3.14. The van der Waals surface area contributed by atoms with Gasteiger partial charge in [-0.1, -0.05) is 49.9 Å². The molecule has 1 N–H and O–H groups in total. The van der Waals surface area contributed by atoms with E-state index >= 15 is 0 Å². The van der Waals surface area contributed by atoms with Crippen molar-refractivity contribution < 1.29 is 28.9 Å². The van der Waals surface area contributed by atoms with E-state index in [9.17, 15) is 14.7 Å². The number of carbonyl (C=O) groups is 2. The van der Waals surface area contributed by atoms with Crippen LogP contribution in [-0.2, 0) is 9.53 Å². The molecular weight excluding hydrogens is 466 g/mol. The molecular formula is C27H29NO6S. The van der Waals surface area contributed by atoms with Crippen LogP contribution >= 0.6 is 11.8 Å². The molecule has 2 aromatic rings. The van der Waals surface area contributed by atoms with Gasteiger partial charge in [0.05, 0.1) is 24.7 Å². The highest BCUT2D eigenvalue weighted by atomic mass is 32.2. The highest BCUT2D eigenvalue weighted by Gasteiger charge is 2.34. The Bertz CT molecular complexity index is 1170. The number of aliphatic imine (C=N–C) groups is 1. The van der Waals surface area contributed by atoms with Crippen LogP contribution in [0.3, 0.4) is 0 Å². The van der Waals surface area contributed by atoms with Crippen LogP contribution in [0.2, 0.25) is 0 Å². The van der Waals surface area contributed by atoms with Gasteiger partial charge in [0.15, 0.2) is 11.5 Å². The molecule has 0 fully saturated rings. The number of amides is 1. The van der Waals surface area contributed by atoms with Crippen LogP contribution in [0.4, 0.5) is 0 Å². The number of benzene rings is 2. The number of ether oxygens (including phenoxy) is 3. The molecule has 0 aromatic heterocycles. The molecule has 0 saturated carbocycles. The van der Waals surface area contributed by atoms with E-state index in [0.717, 1.165) is 17.3 Å². The maximum atomic E-state index is 12.7. The first-order valence-corrected chi connectivity index (χ1v) is 12.2. The molecule has 3 rings (SSSR count). The SMILES string of the molecule is CCOC(=O)C1=C(O)/C(=C/c2ccc(OCC(C)C)c(OCC)c2)SC1=NC(=O)c1ccccc1. The molecule has 0 unspecified atom stereocenters. The molecule has 1 heterocycles. The summed E-state index contributed by atoms with van der Waals surface area (Å²) in [6.07, 6.45) is 1.70. The van der Waals surface area contributed by atoms with Crippen LogP contribution < -0.4 is 9.47 Å². The zero-order valence-corrected chi connectivity index (χ0v) is 21.1. The summed E-state index contributed by atoms with van der Waals surface area (Å²) in [5.41, 5.74) is 0.964. The summed E-state index contributed by atoms with van der Waals surface area (Å²) >= 11 is 1.03. The van der Waals surface area contributed by atoms with Crippen molar-refractivity contribution >= 4 is 34.8 Å². The van der Waals surface area contributed by atoms with Crippen LogP contribution in [0.5, 0.6) is 11.5 Å². The lowest BCUT2D eigenvalue weighted by Crippen LogP contribution is -2.14. The third-order valence-corrected chi connectivity index (χ3v) is 5.75. The van der Waals surface area contributed by atoms with Crippen molar-refractivity contribution in [2.24, 2.45) is 10.9 Å². The smallest absolute Gasteiger partial charge is 0.344 e. The van der Waals surface area contributed by atoms with Gasteiger partial charge in [-0.2, -0.15) is 0 Å². The quantitative estimate of drug-likeness (QED) is 0.438. The van der Waals surface area contributed by atoms with Crippen molar-refractivity contribution in [1.29, 1.82) is 0 Å². The average Bonchev–Trinajstić information content (AvgIpc) is 3.13. The van der Waals surface area contributed by atoms with Crippen molar-refractivity contribution in [2.75, 3.05) is 19.8 Å². The molecule has 0 aliphatic carbocycles. The summed E-state index contributed by atoms with van der Waals surface area (Å²) in [6.45, 7) is 8.81. The lowest BCUT2D eigenvalue weighted by molar-refractivity contribution is -0.138. The van der Waals surface area contributed by atoms with Crippen molar-refractivity contribution in [3.8, 4) is 11.5 Å². The number of rotatable bonds is 9. The molecule has 1 aliphatic rings. The molecule has 0 spiro atoms. The third-order valence-electron chi connectivity index (χ3n) is 4.73. The fourth-order valence-corrected chi connectivity index (χ4v) is 4.15. The van der Waals surface area contributed by atoms with Gasteiger partial charge in [-0.3, -0.25) is 4.79 Å². The number of aliphatic hydroxyl groups excluding tert-OH is 1. The Morgan fingerprint density at radius 3 is 2.43 bits per heavy atom. The van der Waals surface area contributed by atoms with Gasteiger partial charge in [0.2, 0.25) is 0 Å². The van der Waals surface area contributed by atoms with E-state index in [4.69, 9.17) is 14.2 Å². The summed E-state index contributed by atoms with van der Waals surface area (Å²) in [7, 11) is 0. The largest absolute Gasteiger partial charge is 0.506 e. The molecule has 184 valence electrons. The Labute approximate surface area is 209 Å². The zero-order valence-electron chi connectivity index (χ0n) is 20.2. The summed E-state index contributed by atoms with van der Waals surface area (Å²) in [5.74, 6) is 0.0198. The van der Waals surface area contributed by atoms with Crippen molar-refractivity contribution in [1.82, 2.24) is 0 Å². The van der Waals surface area contributed by atoms with E-state index in [0.29, 0.717) is 41.1 Å². The molecule has 0 bridgehead atoms. The van der Waals surface area contributed by atoms with Gasteiger partial charge in [0.25, 0.3) is 5.91 Å². The summed E-state index contributed by atoms with van der Waals surface area (Å²) in [5, 5.41) is 11.0. The standard InChI is InChI=1S/C27H29NO6S/c1-5-32-21-14-18(12-13-20(21)34-16-17(3)4)15-22-24(29)23(27(31)33-6-2)26(35-22)28-25(30)19-10-8-7-9-11-19/h7-15,17,29H,5-6,16H2,1-4H3/b22-15-,28-26?. The van der Waals surface area contributed by atoms with Gasteiger partial charge < -0.3 is 19.3 Å². The van der Waals surface area contributed by atoms with Crippen LogP contribution in [0.1, 0.15) is 43.6 Å². The van der Waals surface area contributed by atoms with E-state index in [1.807, 2.05) is 13.0 Å². The molecule has 2 aromatic carbocycles. The maximum absolute atomic E-state index is 12.7. The van der Waals surface area contributed by atoms with Crippen LogP contribution in [0.25, 0.3) is 6.08 Å². The van der Waals surface area contributed by atoms with Crippen molar-refractivity contribution in [3.63, 3.8) is 0 Å². The van der Waals surface area contributed by atoms with E-state index in [2.05, 4.69) is 18.8 Å². The first-order chi connectivity index (χ1) is 16.8. The van der Waals surface area contributed by atoms with E-state index in [1.54, 1.807) is 55.5 Å². The number of hydrogen-bond acceptors (Lipinski definition) is 7. The molecule has 7 nitrogen and oxygen atoms in total. The lowest BCUT2D eigenvalue weighted by Gasteiger charge is -2.14. The summed E-state index contributed by atoms with van der Waals surface area (Å²) in [4.78, 5) is 29.7. The second-order valence-electron chi connectivity index (χ2n) is 7.99.